The third-order valence-corrected chi connectivity index (χ3v) is 9.59. The Morgan fingerprint density at radius 3 is 2.67 bits per heavy atom. The molecule has 7 rings (SSSR count). The minimum atomic E-state index is -0.411. The molecule has 1 aromatic heterocycles. The molecule has 30 heavy (non-hydrogen) atoms. The predicted octanol–water partition coefficient (Wildman–Crippen LogP) is 3.09. The number of fused-ring (bicyclic) bond motifs is 5. The molecule has 9 atom stereocenters. The van der Waals surface area contributed by atoms with Gasteiger partial charge in [0.2, 0.25) is 0 Å². The predicted molar refractivity (Wildman–Crippen MR) is 106 cm³/mol. The van der Waals surface area contributed by atoms with Crippen molar-refractivity contribution in [1.29, 1.82) is 0 Å². The van der Waals surface area contributed by atoms with Gasteiger partial charge in [0, 0.05) is 5.41 Å². The van der Waals surface area contributed by atoms with Crippen molar-refractivity contribution < 1.29 is 28.5 Å². The van der Waals surface area contributed by atoms with Crippen molar-refractivity contribution in [1.82, 2.24) is 0 Å². The Kier molecular flexibility index (Phi) is 3.21. The zero-order chi connectivity index (χ0) is 20.8. The standard InChI is InChI=1S/C24H32O6/c1-11(2)22-18(29-22)19-24(30-19)21(5)7-6-13-14(10-26-16(13)9-25)15(21)8-17-23(24,28-17)20(22)27-12(3)4/h10-12,15,17-20,25H,6-9H2,1-5H3. The summed E-state index contributed by atoms with van der Waals surface area (Å²) >= 11 is 0. The minimum absolute atomic E-state index is 0.0377. The van der Waals surface area contributed by atoms with Gasteiger partial charge >= 0.3 is 0 Å². The van der Waals surface area contributed by atoms with Gasteiger partial charge in [-0.05, 0) is 56.1 Å². The van der Waals surface area contributed by atoms with Gasteiger partial charge in [0.25, 0.3) is 0 Å². The monoisotopic (exact) mass is 416 g/mol. The molecular weight excluding hydrogens is 384 g/mol. The van der Waals surface area contributed by atoms with Gasteiger partial charge in [0.1, 0.15) is 41.9 Å². The summed E-state index contributed by atoms with van der Waals surface area (Å²) in [5.74, 6) is 1.37. The van der Waals surface area contributed by atoms with Crippen molar-refractivity contribution in [2.75, 3.05) is 0 Å². The van der Waals surface area contributed by atoms with Crippen LogP contribution in [0.4, 0.5) is 0 Å². The van der Waals surface area contributed by atoms with Crippen LogP contribution in [0.15, 0.2) is 10.7 Å². The molecule has 2 saturated carbocycles. The van der Waals surface area contributed by atoms with Crippen LogP contribution in [0.5, 0.6) is 0 Å². The smallest absolute Gasteiger partial charge is 0.156 e. The second-order valence-corrected chi connectivity index (χ2v) is 11.2. The molecule has 6 nitrogen and oxygen atoms in total. The highest BCUT2D eigenvalue weighted by atomic mass is 16.8. The molecule has 6 heteroatoms. The van der Waals surface area contributed by atoms with E-state index in [1.807, 2.05) is 6.26 Å². The zero-order valence-electron chi connectivity index (χ0n) is 18.4. The van der Waals surface area contributed by atoms with Crippen molar-refractivity contribution in [3.8, 4) is 0 Å². The number of aliphatic hydroxyl groups is 1. The first kappa shape index (κ1) is 18.6. The molecule has 3 saturated heterocycles. The molecule has 4 heterocycles. The number of hydrogen-bond acceptors (Lipinski definition) is 6. The summed E-state index contributed by atoms with van der Waals surface area (Å²) < 4.78 is 32.4. The number of ether oxygens (including phenoxy) is 4. The normalized spacial score (nSPS) is 53.9. The van der Waals surface area contributed by atoms with E-state index < -0.39 is 5.60 Å². The first-order valence-electron chi connectivity index (χ1n) is 11.7. The van der Waals surface area contributed by atoms with Gasteiger partial charge in [0.15, 0.2) is 5.60 Å². The van der Waals surface area contributed by atoms with E-state index in [0.29, 0.717) is 11.8 Å². The maximum Gasteiger partial charge on any atom is 0.156 e. The van der Waals surface area contributed by atoms with E-state index in [2.05, 4.69) is 34.6 Å². The van der Waals surface area contributed by atoms with Gasteiger partial charge in [-0.2, -0.15) is 0 Å². The third-order valence-electron chi connectivity index (χ3n) is 9.59. The molecule has 6 aliphatic rings. The number of epoxide rings is 3. The molecule has 1 N–H and O–H groups in total. The Morgan fingerprint density at radius 1 is 1.17 bits per heavy atom. The molecule has 0 amide bonds. The fourth-order valence-corrected chi connectivity index (χ4v) is 8.21. The van der Waals surface area contributed by atoms with Gasteiger partial charge in [-0.1, -0.05) is 20.8 Å². The fraction of sp³-hybridized carbons (Fsp3) is 0.833. The summed E-state index contributed by atoms with van der Waals surface area (Å²) in [6, 6.07) is 0. The summed E-state index contributed by atoms with van der Waals surface area (Å²) in [5.41, 5.74) is 1.31. The van der Waals surface area contributed by atoms with Crippen LogP contribution in [0.3, 0.4) is 0 Å². The molecule has 1 aromatic rings. The SMILES string of the molecule is CC(C)OC1C2(C(C)C)OC2C2OC23C2(C)CCc4c(coc4CO)C2CC2OC213. The second kappa shape index (κ2) is 5.18. The largest absolute Gasteiger partial charge is 0.466 e. The lowest BCUT2D eigenvalue weighted by Gasteiger charge is -2.54. The molecule has 3 aliphatic carbocycles. The summed E-state index contributed by atoms with van der Waals surface area (Å²) in [4.78, 5) is 0. The molecule has 9 unspecified atom stereocenters. The van der Waals surface area contributed by atoms with Gasteiger partial charge < -0.3 is 28.5 Å². The average molecular weight is 417 g/mol. The van der Waals surface area contributed by atoms with Gasteiger partial charge in [-0.25, -0.2) is 0 Å². The van der Waals surface area contributed by atoms with Crippen LogP contribution >= 0.6 is 0 Å². The summed E-state index contributed by atoms with van der Waals surface area (Å²) in [5, 5.41) is 9.71. The van der Waals surface area contributed by atoms with Crippen LogP contribution in [-0.4, -0.2) is 52.4 Å². The first-order valence-corrected chi connectivity index (χ1v) is 11.7. The lowest BCUT2D eigenvalue weighted by atomic mass is 9.46. The van der Waals surface area contributed by atoms with E-state index in [0.717, 1.165) is 25.0 Å². The van der Waals surface area contributed by atoms with Crippen molar-refractivity contribution in [2.24, 2.45) is 11.3 Å². The fourth-order valence-electron chi connectivity index (χ4n) is 8.21. The molecule has 2 spiro atoms. The minimum Gasteiger partial charge on any atom is -0.466 e. The highest BCUT2D eigenvalue weighted by Gasteiger charge is 3.00. The van der Waals surface area contributed by atoms with Crippen LogP contribution < -0.4 is 0 Å². The topological polar surface area (TPSA) is 80.2 Å². The van der Waals surface area contributed by atoms with Gasteiger partial charge in [0.05, 0.1) is 18.5 Å². The third kappa shape index (κ3) is 1.67. The summed E-state index contributed by atoms with van der Waals surface area (Å²) in [6.07, 6.45) is 5.02. The highest BCUT2D eigenvalue weighted by Crippen LogP contribution is 2.83. The van der Waals surface area contributed by atoms with E-state index in [4.69, 9.17) is 23.4 Å². The Balaban J connectivity index is 1.37. The van der Waals surface area contributed by atoms with E-state index in [-0.39, 0.29) is 53.7 Å². The van der Waals surface area contributed by atoms with E-state index in [9.17, 15) is 5.11 Å². The van der Waals surface area contributed by atoms with E-state index in [1.165, 1.54) is 11.1 Å². The Morgan fingerprint density at radius 2 is 1.97 bits per heavy atom. The molecule has 0 bridgehead atoms. The van der Waals surface area contributed by atoms with Gasteiger partial charge in [-0.3, -0.25) is 0 Å². The van der Waals surface area contributed by atoms with Crippen molar-refractivity contribution in [3.05, 3.63) is 23.2 Å². The lowest BCUT2D eigenvalue weighted by molar-refractivity contribution is -0.138. The van der Waals surface area contributed by atoms with Crippen molar-refractivity contribution in [3.63, 3.8) is 0 Å². The zero-order valence-corrected chi connectivity index (χ0v) is 18.4. The maximum atomic E-state index is 9.71. The maximum absolute atomic E-state index is 9.71. The van der Waals surface area contributed by atoms with Crippen molar-refractivity contribution in [2.45, 2.75) is 114 Å². The van der Waals surface area contributed by atoms with Crippen LogP contribution in [0.2, 0.25) is 0 Å². The molecule has 164 valence electrons. The number of rotatable bonds is 4. The Hall–Kier alpha value is -0.920. The average Bonchev–Trinajstić information content (AvgIpc) is 3.58. The van der Waals surface area contributed by atoms with E-state index in [1.54, 1.807) is 0 Å². The van der Waals surface area contributed by atoms with Crippen LogP contribution in [-0.2, 0) is 32.0 Å². The highest BCUT2D eigenvalue weighted by molar-refractivity contribution is 5.51. The summed E-state index contributed by atoms with van der Waals surface area (Å²) in [7, 11) is 0. The summed E-state index contributed by atoms with van der Waals surface area (Å²) in [6.45, 7) is 11.0. The quantitative estimate of drug-likeness (QED) is 0.760. The van der Waals surface area contributed by atoms with Crippen LogP contribution in [0.25, 0.3) is 0 Å². The second-order valence-electron chi connectivity index (χ2n) is 11.2. The van der Waals surface area contributed by atoms with Gasteiger partial charge in [-0.15, -0.1) is 0 Å². The molecule has 3 aliphatic heterocycles. The Bertz CT molecular complexity index is 938. The van der Waals surface area contributed by atoms with Crippen LogP contribution in [0.1, 0.15) is 70.3 Å². The number of hydrogen-bond donors (Lipinski definition) is 1. The number of aliphatic hydroxyl groups excluding tert-OH is 1. The van der Waals surface area contributed by atoms with Crippen LogP contribution in [0, 0.1) is 11.3 Å². The van der Waals surface area contributed by atoms with E-state index >= 15 is 0 Å². The molecule has 0 radical (unpaired) electrons. The number of furan rings is 1. The first-order chi connectivity index (χ1) is 14.3. The Labute approximate surface area is 177 Å². The molecule has 5 fully saturated rings. The molecule has 0 aromatic carbocycles. The molecular formula is C24H32O6. The lowest BCUT2D eigenvalue weighted by Crippen LogP contribution is -2.69. The van der Waals surface area contributed by atoms with Crippen molar-refractivity contribution >= 4 is 0 Å².